The molecule has 0 radical (unpaired) electrons. The molecule has 1 aromatic carbocycles. The third-order valence-electron chi connectivity index (χ3n) is 4.80. The summed E-state index contributed by atoms with van der Waals surface area (Å²) in [5.74, 6) is 0.00934. The second-order valence-corrected chi connectivity index (χ2v) is 9.59. The van der Waals surface area contributed by atoms with Crippen molar-refractivity contribution < 1.29 is 13.2 Å². The van der Waals surface area contributed by atoms with E-state index in [0.29, 0.717) is 18.7 Å². The molecule has 1 aromatic heterocycles. The van der Waals surface area contributed by atoms with Gasteiger partial charge in [0.1, 0.15) is 0 Å². The lowest BCUT2D eigenvalue weighted by Crippen LogP contribution is -2.41. The third-order valence-corrected chi connectivity index (χ3v) is 6.55. The molecule has 1 unspecified atom stereocenters. The van der Waals surface area contributed by atoms with Crippen molar-refractivity contribution in [3.8, 4) is 0 Å². The van der Waals surface area contributed by atoms with Crippen molar-refractivity contribution in [3.63, 3.8) is 0 Å². The zero-order valence-electron chi connectivity index (χ0n) is 16.3. The van der Waals surface area contributed by atoms with Crippen LogP contribution in [0.25, 0.3) is 17.1 Å². The number of hydrogen-bond donors (Lipinski definition) is 0. The Morgan fingerprint density at radius 1 is 1.21 bits per heavy atom. The summed E-state index contributed by atoms with van der Waals surface area (Å²) in [7, 11) is 0.896. The van der Waals surface area contributed by atoms with Crippen molar-refractivity contribution in [1.29, 1.82) is 0 Å². The third kappa shape index (κ3) is 5.36. The monoisotopic (exact) mass is 402 g/mol. The van der Waals surface area contributed by atoms with Crippen LogP contribution < -0.4 is 0 Å². The number of para-hydroxylation sites is 2. The van der Waals surface area contributed by atoms with Gasteiger partial charge >= 0.3 is 0 Å². The first-order valence-corrected chi connectivity index (χ1v) is 11.2. The highest BCUT2D eigenvalue weighted by Crippen LogP contribution is 2.19. The summed E-state index contributed by atoms with van der Waals surface area (Å²) in [6.45, 7) is 1.37. The minimum absolute atomic E-state index is 0.0460. The zero-order chi connectivity index (χ0) is 20.1. The second kappa shape index (κ2) is 8.79. The molecule has 0 aliphatic carbocycles. The standard InChI is InChI=1S/C20H26N4O3S/c1-23(2)11-5-12-24(17-10-13-28(26,27)15-17)20(25)9-8-16-14-21-18-6-3-4-7-19(18)22-16/h3-4,6-9,14,17H,5,10-13,15H2,1-2H3/b9-8+. The number of carbonyl (C=O) groups is 1. The average Bonchev–Trinajstić information content (AvgIpc) is 3.02. The summed E-state index contributed by atoms with van der Waals surface area (Å²) in [5, 5.41) is 0. The first kappa shape index (κ1) is 20.4. The van der Waals surface area contributed by atoms with Crippen LogP contribution in [0.5, 0.6) is 0 Å². The SMILES string of the molecule is CN(C)CCCN(C(=O)/C=C/c1cnc2ccccc2n1)C1CCS(=O)(=O)C1. The summed E-state index contributed by atoms with van der Waals surface area (Å²) in [6, 6.07) is 7.29. The number of nitrogens with zero attached hydrogens (tertiary/aromatic N) is 4. The molecule has 1 amide bonds. The fraction of sp³-hybridized carbons (Fsp3) is 0.450. The van der Waals surface area contributed by atoms with Crippen molar-refractivity contribution in [1.82, 2.24) is 19.8 Å². The fourth-order valence-corrected chi connectivity index (χ4v) is 5.09. The van der Waals surface area contributed by atoms with Gasteiger partial charge < -0.3 is 9.80 Å². The van der Waals surface area contributed by atoms with Crippen LogP contribution in [0.3, 0.4) is 0 Å². The van der Waals surface area contributed by atoms with Crippen molar-refractivity contribution in [3.05, 3.63) is 42.2 Å². The van der Waals surface area contributed by atoms with E-state index in [1.807, 2.05) is 38.4 Å². The normalized spacial score (nSPS) is 18.9. The molecule has 1 fully saturated rings. The van der Waals surface area contributed by atoms with Crippen LogP contribution in [0.1, 0.15) is 18.5 Å². The lowest BCUT2D eigenvalue weighted by atomic mass is 10.2. The quantitative estimate of drug-likeness (QED) is 0.655. The van der Waals surface area contributed by atoms with Crippen LogP contribution >= 0.6 is 0 Å². The number of sulfone groups is 1. The second-order valence-electron chi connectivity index (χ2n) is 7.36. The molecule has 0 spiro atoms. The Morgan fingerprint density at radius 2 is 1.96 bits per heavy atom. The summed E-state index contributed by atoms with van der Waals surface area (Å²) < 4.78 is 23.7. The molecule has 8 heteroatoms. The molecule has 0 bridgehead atoms. The first-order chi connectivity index (χ1) is 13.3. The first-order valence-electron chi connectivity index (χ1n) is 9.40. The Bertz CT molecular complexity index is 972. The van der Waals surface area contributed by atoms with Crippen LogP contribution in [0.2, 0.25) is 0 Å². The van der Waals surface area contributed by atoms with E-state index >= 15 is 0 Å². The number of aromatic nitrogens is 2. The van der Waals surface area contributed by atoms with Gasteiger partial charge in [-0.25, -0.2) is 13.4 Å². The smallest absolute Gasteiger partial charge is 0.246 e. The molecule has 3 rings (SSSR count). The van der Waals surface area contributed by atoms with E-state index < -0.39 is 9.84 Å². The molecule has 1 saturated heterocycles. The van der Waals surface area contributed by atoms with Crippen LogP contribution in [-0.2, 0) is 14.6 Å². The van der Waals surface area contributed by atoms with Crippen molar-refractivity contribution >= 4 is 32.9 Å². The maximum absolute atomic E-state index is 12.8. The zero-order valence-corrected chi connectivity index (χ0v) is 17.1. The molecule has 150 valence electrons. The van der Waals surface area contributed by atoms with Gasteiger partial charge in [-0.1, -0.05) is 12.1 Å². The maximum atomic E-state index is 12.8. The summed E-state index contributed by atoms with van der Waals surface area (Å²) in [6.07, 6.45) is 6.03. The Labute approximate surface area is 166 Å². The van der Waals surface area contributed by atoms with Crippen LogP contribution in [-0.4, -0.2) is 78.8 Å². The molecule has 28 heavy (non-hydrogen) atoms. The highest BCUT2D eigenvalue weighted by atomic mass is 32.2. The molecule has 0 N–H and O–H groups in total. The number of hydrogen-bond acceptors (Lipinski definition) is 6. The molecule has 0 saturated carbocycles. The minimum Gasteiger partial charge on any atom is -0.335 e. The van der Waals surface area contributed by atoms with Gasteiger partial charge in [0.05, 0.1) is 34.4 Å². The van der Waals surface area contributed by atoms with Gasteiger partial charge in [-0.15, -0.1) is 0 Å². The van der Waals surface area contributed by atoms with Crippen molar-refractivity contribution in [2.75, 3.05) is 38.7 Å². The van der Waals surface area contributed by atoms with Crippen molar-refractivity contribution in [2.24, 2.45) is 0 Å². The van der Waals surface area contributed by atoms with E-state index in [4.69, 9.17) is 0 Å². The Kier molecular flexibility index (Phi) is 6.41. The van der Waals surface area contributed by atoms with Gasteiger partial charge in [-0.3, -0.25) is 9.78 Å². The molecule has 2 heterocycles. The highest BCUT2D eigenvalue weighted by Gasteiger charge is 2.33. The lowest BCUT2D eigenvalue weighted by molar-refractivity contribution is -0.127. The predicted octanol–water partition coefficient (Wildman–Crippen LogP) is 1.61. The minimum atomic E-state index is -3.06. The van der Waals surface area contributed by atoms with Gasteiger partial charge in [0.25, 0.3) is 0 Å². The number of amides is 1. The van der Waals surface area contributed by atoms with Crippen LogP contribution in [0.15, 0.2) is 36.5 Å². The number of rotatable bonds is 7. The van der Waals surface area contributed by atoms with E-state index in [1.54, 1.807) is 17.2 Å². The molecule has 7 nitrogen and oxygen atoms in total. The number of benzene rings is 1. The van der Waals surface area contributed by atoms with Gasteiger partial charge in [-0.05, 0) is 51.7 Å². The van der Waals surface area contributed by atoms with Gasteiger partial charge in [0, 0.05) is 18.7 Å². The summed E-state index contributed by atoms with van der Waals surface area (Å²) >= 11 is 0. The Hall–Kier alpha value is -2.32. The van der Waals surface area contributed by atoms with Gasteiger partial charge in [-0.2, -0.15) is 0 Å². The molecular formula is C20H26N4O3S. The van der Waals surface area contributed by atoms with Gasteiger partial charge in [0.2, 0.25) is 5.91 Å². The molecule has 1 atom stereocenters. The average molecular weight is 403 g/mol. The van der Waals surface area contributed by atoms with E-state index in [-0.39, 0.29) is 23.5 Å². The molecule has 1 aliphatic heterocycles. The summed E-state index contributed by atoms with van der Waals surface area (Å²) in [5.41, 5.74) is 2.16. The highest BCUT2D eigenvalue weighted by molar-refractivity contribution is 7.91. The van der Waals surface area contributed by atoms with Crippen LogP contribution in [0, 0.1) is 0 Å². The topological polar surface area (TPSA) is 83.5 Å². The Morgan fingerprint density at radius 3 is 2.64 bits per heavy atom. The van der Waals surface area contributed by atoms with E-state index in [2.05, 4.69) is 14.9 Å². The largest absolute Gasteiger partial charge is 0.335 e. The van der Waals surface area contributed by atoms with Crippen LogP contribution in [0.4, 0.5) is 0 Å². The van der Waals surface area contributed by atoms with Crippen molar-refractivity contribution in [2.45, 2.75) is 18.9 Å². The number of fused-ring (bicyclic) bond motifs is 1. The Balaban J connectivity index is 1.74. The predicted molar refractivity (Wildman–Crippen MR) is 111 cm³/mol. The van der Waals surface area contributed by atoms with E-state index in [1.165, 1.54) is 6.08 Å². The fourth-order valence-electron chi connectivity index (χ4n) is 3.36. The molecular weight excluding hydrogens is 376 g/mol. The van der Waals surface area contributed by atoms with Gasteiger partial charge in [0.15, 0.2) is 9.84 Å². The lowest BCUT2D eigenvalue weighted by Gasteiger charge is -2.27. The molecule has 1 aliphatic rings. The summed E-state index contributed by atoms with van der Waals surface area (Å²) in [4.78, 5) is 25.4. The molecule has 2 aromatic rings. The van der Waals surface area contributed by atoms with E-state index in [0.717, 1.165) is 24.0 Å². The number of carbonyl (C=O) groups excluding carboxylic acids is 1. The van der Waals surface area contributed by atoms with E-state index in [9.17, 15) is 13.2 Å². The maximum Gasteiger partial charge on any atom is 0.246 e.